The van der Waals surface area contributed by atoms with Crippen molar-refractivity contribution in [3.8, 4) is 11.5 Å². The molecule has 2 N–H and O–H groups in total. The van der Waals surface area contributed by atoms with Gasteiger partial charge in [-0.15, -0.1) is 13.2 Å². The Morgan fingerprint density at radius 3 is 2.60 bits per heavy atom. The van der Waals surface area contributed by atoms with E-state index in [1.165, 1.54) is 40.9 Å². The van der Waals surface area contributed by atoms with Gasteiger partial charge in [0.25, 0.3) is 0 Å². The van der Waals surface area contributed by atoms with Gasteiger partial charge in [-0.1, -0.05) is 49.9 Å². The summed E-state index contributed by atoms with van der Waals surface area (Å²) in [6.45, 7) is 4.50. The number of nitrogens with one attached hydrogen (secondary N) is 2. The summed E-state index contributed by atoms with van der Waals surface area (Å²) < 4.78 is 46.6. The summed E-state index contributed by atoms with van der Waals surface area (Å²) in [4.78, 5) is 35.7. The first-order valence-electron chi connectivity index (χ1n) is 15.0. The normalized spacial score (nSPS) is 17.2. The van der Waals surface area contributed by atoms with Crippen molar-refractivity contribution in [2.24, 2.45) is 9.98 Å². The van der Waals surface area contributed by atoms with Crippen molar-refractivity contribution in [3.63, 3.8) is 0 Å². The fraction of sp³-hybridized carbons (Fsp3) is 0.333. The molecule has 3 amide bonds. The number of amides is 3. The zero-order valence-electron chi connectivity index (χ0n) is 26.1. The number of anilines is 2. The molecule has 10 nitrogen and oxygen atoms in total. The van der Waals surface area contributed by atoms with Gasteiger partial charge in [-0.3, -0.25) is 14.7 Å². The lowest BCUT2D eigenvalue weighted by atomic mass is 10.00. The lowest BCUT2D eigenvalue weighted by Gasteiger charge is -2.22. The van der Waals surface area contributed by atoms with Crippen molar-refractivity contribution in [3.05, 3.63) is 83.4 Å². The number of ether oxygens (including phenoxy) is 2. The number of hydrogen-bond donors (Lipinski definition) is 2. The Morgan fingerprint density at radius 2 is 1.87 bits per heavy atom. The molecule has 2 aliphatic heterocycles. The van der Waals surface area contributed by atoms with Crippen LogP contribution in [0.5, 0.6) is 11.5 Å². The number of urea groups is 1. The summed E-state index contributed by atoms with van der Waals surface area (Å²) in [7, 11) is 1.59. The van der Waals surface area contributed by atoms with Gasteiger partial charge in [-0.2, -0.15) is 10.4 Å². The number of hydrazine groups is 1. The van der Waals surface area contributed by atoms with Crippen molar-refractivity contribution < 1.29 is 32.2 Å². The van der Waals surface area contributed by atoms with E-state index < -0.39 is 12.4 Å². The number of aryl methyl sites for hydroxylation is 1. The minimum absolute atomic E-state index is 0.127. The molecule has 2 heterocycles. The Labute approximate surface area is 275 Å². The third-order valence-corrected chi connectivity index (χ3v) is 8.36. The van der Waals surface area contributed by atoms with Gasteiger partial charge in [-0.25, -0.2) is 9.79 Å². The molecule has 248 valence electrons. The molecule has 0 aromatic heterocycles. The molecule has 47 heavy (non-hydrogen) atoms. The number of halogens is 3. The average Bonchev–Trinajstić information content (AvgIpc) is 3.67. The maximum absolute atomic E-state index is 12.8. The molecule has 14 heteroatoms. The molecule has 1 saturated heterocycles. The van der Waals surface area contributed by atoms with Crippen LogP contribution in [-0.2, 0) is 11.2 Å². The molecule has 0 aliphatic carbocycles. The van der Waals surface area contributed by atoms with E-state index in [9.17, 15) is 22.8 Å². The molecule has 1 atom stereocenters. The Morgan fingerprint density at radius 1 is 1.11 bits per heavy atom. The number of hydrogen-bond acceptors (Lipinski definition) is 8. The number of amidine groups is 1. The van der Waals surface area contributed by atoms with Crippen molar-refractivity contribution in [2.45, 2.75) is 51.6 Å². The fourth-order valence-corrected chi connectivity index (χ4v) is 6.00. The number of aliphatic imine (C=N–C) groups is 2. The maximum atomic E-state index is 12.8. The van der Waals surface area contributed by atoms with Crippen LogP contribution in [0, 0.1) is 0 Å². The summed E-state index contributed by atoms with van der Waals surface area (Å²) in [5.74, 6) is 0.608. The van der Waals surface area contributed by atoms with E-state index in [2.05, 4.69) is 31.5 Å². The van der Waals surface area contributed by atoms with E-state index in [1.54, 1.807) is 24.5 Å². The number of alkyl halides is 3. The van der Waals surface area contributed by atoms with Gasteiger partial charge >= 0.3 is 12.4 Å². The van der Waals surface area contributed by atoms with Crippen molar-refractivity contribution >= 4 is 46.6 Å². The van der Waals surface area contributed by atoms with E-state index in [0.717, 1.165) is 36.0 Å². The number of unbranched alkanes of at least 4 members (excludes halogenated alkanes) is 1. The van der Waals surface area contributed by atoms with Crippen molar-refractivity contribution in [2.75, 3.05) is 29.3 Å². The molecule has 5 rings (SSSR count). The average molecular weight is 669 g/mol. The second kappa shape index (κ2) is 14.9. The second-order valence-corrected chi connectivity index (χ2v) is 12.1. The Hall–Kier alpha value is -4.56. The summed E-state index contributed by atoms with van der Waals surface area (Å²) in [5.41, 5.74) is 7.51. The van der Waals surface area contributed by atoms with Gasteiger partial charge in [0, 0.05) is 6.54 Å². The third kappa shape index (κ3) is 8.83. The predicted octanol–water partition coefficient (Wildman–Crippen LogP) is 6.94. The van der Waals surface area contributed by atoms with Crippen LogP contribution in [-0.4, -0.2) is 49.2 Å². The molecule has 3 aromatic carbocycles. The van der Waals surface area contributed by atoms with Crippen LogP contribution in [0.15, 0.2) is 76.7 Å². The summed E-state index contributed by atoms with van der Waals surface area (Å²) in [5, 5.41) is 4.82. The van der Waals surface area contributed by atoms with E-state index in [4.69, 9.17) is 4.74 Å². The Bertz CT molecular complexity index is 1650. The van der Waals surface area contributed by atoms with Gasteiger partial charge in [-0.05, 0) is 84.3 Å². The molecule has 2 aliphatic rings. The first kappa shape index (κ1) is 33.8. The highest BCUT2D eigenvalue weighted by atomic mass is 32.2. The lowest BCUT2D eigenvalue weighted by molar-refractivity contribution is -0.274. The van der Waals surface area contributed by atoms with E-state index in [0.29, 0.717) is 28.8 Å². The number of carbonyl (C=O) groups is 2. The van der Waals surface area contributed by atoms with Crippen LogP contribution in [0.1, 0.15) is 55.5 Å². The van der Waals surface area contributed by atoms with Gasteiger partial charge in [0.15, 0.2) is 5.17 Å². The monoisotopic (exact) mass is 668 g/mol. The Balaban J connectivity index is 1.09. The van der Waals surface area contributed by atoms with Crippen molar-refractivity contribution in [1.82, 2.24) is 10.7 Å². The molecule has 1 fully saturated rings. The number of benzene rings is 3. The molecular weight excluding hydrogens is 633 g/mol. The second-order valence-electron chi connectivity index (χ2n) is 11.1. The number of thioether (sulfide) groups is 1. The highest BCUT2D eigenvalue weighted by Gasteiger charge is 2.33. The fourth-order valence-electron chi connectivity index (χ4n) is 5.14. The number of rotatable bonds is 11. The number of carbonyl (C=O) groups excluding carboxylic acids is 2. The minimum Gasteiger partial charge on any atom is -0.497 e. The zero-order chi connectivity index (χ0) is 33.6. The quantitative estimate of drug-likeness (QED) is 0.213. The third-order valence-electron chi connectivity index (χ3n) is 7.44. The minimum atomic E-state index is -4.75. The highest BCUT2D eigenvalue weighted by molar-refractivity contribution is 8.15. The molecule has 3 aromatic rings. The zero-order valence-corrected chi connectivity index (χ0v) is 26.9. The van der Waals surface area contributed by atoms with Crippen molar-refractivity contribution in [1.29, 1.82) is 0 Å². The molecule has 0 radical (unpaired) electrons. The Kier molecular flexibility index (Phi) is 10.7. The molecule has 0 spiro atoms. The molecule has 0 saturated carbocycles. The first-order valence-corrected chi connectivity index (χ1v) is 16.0. The van der Waals surface area contributed by atoms with E-state index in [-0.39, 0.29) is 29.5 Å². The van der Waals surface area contributed by atoms with Gasteiger partial charge in [0.2, 0.25) is 5.91 Å². The SMILES string of the molecule is COc1ccc(N2C(=O)CS/C2=N\C(=O)NCCCCc2cccc(C3N=CN(c4ccc(OC(F)(F)F)cc4)N3)c2)c(C(C)C)c1. The highest BCUT2D eigenvalue weighted by Crippen LogP contribution is 2.36. The molecular formula is C33H35F3N6O4S. The van der Waals surface area contributed by atoms with Gasteiger partial charge in [0.1, 0.15) is 24.0 Å². The smallest absolute Gasteiger partial charge is 0.497 e. The van der Waals surface area contributed by atoms with E-state index >= 15 is 0 Å². The first-order chi connectivity index (χ1) is 22.5. The van der Waals surface area contributed by atoms with Crippen LogP contribution in [0.25, 0.3) is 0 Å². The summed E-state index contributed by atoms with van der Waals surface area (Å²) in [6.07, 6.45) is -1.18. The van der Waals surface area contributed by atoms with Crippen LogP contribution in [0.3, 0.4) is 0 Å². The van der Waals surface area contributed by atoms with Gasteiger partial charge < -0.3 is 14.8 Å². The standard InChI is InChI=1S/C33H35F3N6O4S/c1-21(2)27-18-26(45-3)14-15-28(27)42-29(43)19-47-32(42)39-31(44)37-16-5-4-7-22-8-6-9-23(17-22)30-38-20-41(40-30)24-10-12-25(13-11-24)46-33(34,35)36/h6,8-15,17-18,20-21,30,40H,4-5,7,16,19H2,1-3H3,(H,37,44)/b39-32-. The van der Waals surface area contributed by atoms with Crippen LogP contribution in [0.4, 0.5) is 29.3 Å². The van der Waals surface area contributed by atoms with Crippen LogP contribution < -0.4 is 30.1 Å². The molecule has 1 unspecified atom stereocenters. The largest absolute Gasteiger partial charge is 0.573 e. The van der Waals surface area contributed by atoms with Gasteiger partial charge in [0.05, 0.1) is 24.2 Å². The van der Waals surface area contributed by atoms with Crippen LogP contribution in [0.2, 0.25) is 0 Å². The molecule has 0 bridgehead atoms. The topological polar surface area (TPSA) is 108 Å². The van der Waals surface area contributed by atoms with Crippen LogP contribution >= 0.6 is 11.8 Å². The lowest BCUT2D eigenvalue weighted by Crippen LogP contribution is -2.33. The maximum Gasteiger partial charge on any atom is 0.573 e. The number of methoxy groups -OCH3 is 1. The van der Waals surface area contributed by atoms with E-state index in [1.807, 2.05) is 44.2 Å². The summed E-state index contributed by atoms with van der Waals surface area (Å²) >= 11 is 1.24. The predicted molar refractivity (Wildman–Crippen MR) is 177 cm³/mol. The summed E-state index contributed by atoms with van der Waals surface area (Å²) in [6, 6.07) is 18.5. The number of nitrogens with zero attached hydrogens (tertiary/aromatic N) is 4.